The summed E-state index contributed by atoms with van der Waals surface area (Å²) in [5.41, 5.74) is 0.548. The molecule has 0 spiro atoms. The van der Waals surface area contributed by atoms with Crippen LogP contribution in [0.5, 0.6) is 0 Å². The lowest BCUT2D eigenvalue weighted by Crippen LogP contribution is -2.14. The van der Waals surface area contributed by atoms with Crippen LogP contribution in [0.25, 0.3) is 0 Å². The number of hydrogen-bond acceptors (Lipinski definition) is 0. The van der Waals surface area contributed by atoms with Crippen molar-refractivity contribution >= 4 is 7.85 Å². The van der Waals surface area contributed by atoms with E-state index in [9.17, 15) is 0 Å². The van der Waals surface area contributed by atoms with E-state index < -0.39 is 0 Å². The lowest BCUT2D eigenvalue weighted by molar-refractivity contribution is 0.284. The molecule has 2 saturated carbocycles. The summed E-state index contributed by atoms with van der Waals surface area (Å²) in [5, 5.41) is 0.251. The van der Waals surface area contributed by atoms with E-state index in [4.69, 9.17) is 7.85 Å². The summed E-state index contributed by atoms with van der Waals surface area (Å²) in [6.45, 7) is 7.03. The average molecular weight is 148 g/mol. The highest BCUT2D eigenvalue weighted by Crippen LogP contribution is 2.82. The fraction of sp³-hybridized carbons (Fsp3) is 1.00. The molecule has 4 unspecified atom stereocenters. The maximum absolute atomic E-state index is 6.28. The van der Waals surface area contributed by atoms with E-state index in [1.807, 2.05) is 0 Å². The van der Waals surface area contributed by atoms with Crippen LogP contribution in [0.4, 0.5) is 0 Å². The van der Waals surface area contributed by atoms with Gasteiger partial charge in [0.2, 0.25) is 0 Å². The van der Waals surface area contributed by atoms with Gasteiger partial charge in [-0.05, 0) is 23.7 Å². The zero-order valence-electron chi connectivity index (χ0n) is 7.85. The van der Waals surface area contributed by atoms with Crippen LogP contribution in [-0.4, -0.2) is 7.85 Å². The quantitative estimate of drug-likeness (QED) is 0.501. The minimum absolute atomic E-state index is 0.251. The van der Waals surface area contributed by atoms with Crippen LogP contribution >= 0.6 is 0 Å². The molecule has 60 valence electrons. The van der Waals surface area contributed by atoms with Crippen LogP contribution < -0.4 is 0 Å². The molecule has 2 aliphatic rings. The van der Waals surface area contributed by atoms with Crippen LogP contribution in [0.3, 0.4) is 0 Å². The van der Waals surface area contributed by atoms with Gasteiger partial charge in [0.15, 0.2) is 0 Å². The maximum Gasteiger partial charge on any atom is 0.0754 e. The van der Waals surface area contributed by atoms with Gasteiger partial charge in [0.1, 0.15) is 0 Å². The highest BCUT2D eigenvalue weighted by Gasteiger charge is 2.69. The maximum atomic E-state index is 6.28. The molecule has 1 heteroatoms. The second kappa shape index (κ2) is 1.86. The van der Waals surface area contributed by atoms with Gasteiger partial charge in [-0.25, -0.2) is 0 Å². The van der Waals surface area contributed by atoms with Crippen molar-refractivity contribution in [3.8, 4) is 0 Å². The van der Waals surface area contributed by atoms with Gasteiger partial charge in [-0.15, -0.1) is 0 Å². The predicted octanol–water partition coefficient (Wildman–Crippen LogP) is 2.79. The van der Waals surface area contributed by atoms with Gasteiger partial charge in [-0.3, -0.25) is 0 Å². The van der Waals surface area contributed by atoms with E-state index >= 15 is 0 Å². The van der Waals surface area contributed by atoms with Gasteiger partial charge in [0, 0.05) is 0 Å². The standard InChI is InChI=1S/C10H17B/c1-4-9-6-10(9,11)5-7(2)8(9)3/h7-8H,4-6H2,1-3H3. The summed E-state index contributed by atoms with van der Waals surface area (Å²) in [6.07, 6.45) is 3.85. The average Bonchev–Trinajstić information content (AvgIpc) is 2.49. The molecule has 2 fully saturated rings. The summed E-state index contributed by atoms with van der Waals surface area (Å²) < 4.78 is 0. The van der Waals surface area contributed by atoms with E-state index in [0.717, 1.165) is 11.8 Å². The Balaban J connectivity index is 2.25. The molecule has 0 nitrogen and oxygen atoms in total. The molecule has 11 heavy (non-hydrogen) atoms. The smallest absolute Gasteiger partial charge is 0.0648 e. The molecule has 2 rings (SSSR count). The van der Waals surface area contributed by atoms with Crippen molar-refractivity contribution in [1.29, 1.82) is 0 Å². The van der Waals surface area contributed by atoms with E-state index in [-0.39, 0.29) is 5.31 Å². The molecular formula is C10H17B. The van der Waals surface area contributed by atoms with Crippen LogP contribution in [0.2, 0.25) is 5.31 Å². The highest BCUT2D eigenvalue weighted by atomic mass is 14.7. The van der Waals surface area contributed by atoms with Gasteiger partial charge in [0.05, 0.1) is 7.85 Å². The number of rotatable bonds is 1. The third-order valence-corrected chi connectivity index (χ3v) is 4.54. The third-order valence-electron chi connectivity index (χ3n) is 4.54. The van der Waals surface area contributed by atoms with Crippen LogP contribution in [0, 0.1) is 17.3 Å². The molecular weight excluding hydrogens is 131 g/mol. The van der Waals surface area contributed by atoms with Gasteiger partial charge >= 0.3 is 0 Å². The summed E-state index contributed by atoms with van der Waals surface area (Å²) in [4.78, 5) is 0. The molecule has 0 aromatic heterocycles. The fourth-order valence-electron chi connectivity index (χ4n) is 3.50. The normalized spacial score (nSPS) is 61.0. The van der Waals surface area contributed by atoms with Gasteiger partial charge in [-0.2, -0.15) is 0 Å². The van der Waals surface area contributed by atoms with Crippen molar-refractivity contribution in [3.05, 3.63) is 0 Å². The SMILES string of the molecule is [B]C12CC(C)C(C)C1(CC)C2. The Bertz CT molecular complexity index is 189. The van der Waals surface area contributed by atoms with Crippen LogP contribution in [-0.2, 0) is 0 Å². The molecule has 0 amide bonds. The number of hydrogen-bond donors (Lipinski definition) is 0. The molecule has 0 heterocycles. The Hall–Kier alpha value is 0.0649. The fourth-order valence-corrected chi connectivity index (χ4v) is 3.50. The van der Waals surface area contributed by atoms with Crippen molar-refractivity contribution in [2.24, 2.45) is 17.3 Å². The topological polar surface area (TPSA) is 0 Å². The minimum Gasteiger partial charge on any atom is -0.0648 e. The van der Waals surface area contributed by atoms with E-state index in [2.05, 4.69) is 20.8 Å². The molecule has 0 saturated heterocycles. The molecule has 2 radical (unpaired) electrons. The molecule has 0 aromatic rings. The predicted molar refractivity (Wildman–Crippen MR) is 48.7 cm³/mol. The molecule has 4 atom stereocenters. The Morgan fingerprint density at radius 2 is 2.09 bits per heavy atom. The Labute approximate surface area is 71.2 Å². The largest absolute Gasteiger partial charge is 0.0754 e. The van der Waals surface area contributed by atoms with Crippen LogP contribution in [0.1, 0.15) is 40.0 Å². The lowest BCUT2D eigenvalue weighted by atomic mass is 9.75. The minimum atomic E-state index is 0.251. The Morgan fingerprint density at radius 1 is 1.45 bits per heavy atom. The molecule has 2 aliphatic carbocycles. The first kappa shape index (κ1) is 7.70. The Morgan fingerprint density at radius 3 is 2.36 bits per heavy atom. The van der Waals surface area contributed by atoms with Crippen molar-refractivity contribution < 1.29 is 0 Å². The zero-order chi connectivity index (χ0) is 8.28. The first-order chi connectivity index (χ1) is 5.06. The van der Waals surface area contributed by atoms with E-state index in [0.29, 0.717) is 5.41 Å². The van der Waals surface area contributed by atoms with Crippen molar-refractivity contribution in [3.63, 3.8) is 0 Å². The molecule has 0 bridgehead atoms. The second-order valence-electron chi connectivity index (χ2n) is 4.81. The summed E-state index contributed by atoms with van der Waals surface area (Å²) in [5.74, 6) is 1.71. The van der Waals surface area contributed by atoms with E-state index in [1.54, 1.807) is 0 Å². The van der Waals surface area contributed by atoms with Crippen molar-refractivity contribution in [1.82, 2.24) is 0 Å². The zero-order valence-corrected chi connectivity index (χ0v) is 7.85. The van der Waals surface area contributed by atoms with Gasteiger partial charge < -0.3 is 0 Å². The monoisotopic (exact) mass is 148 g/mol. The Kier molecular flexibility index (Phi) is 1.30. The molecule has 0 aliphatic heterocycles. The van der Waals surface area contributed by atoms with Crippen molar-refractivity contribution in [2.75, 3.05) is 0 Å². The van der Waals surface area contributed by atoms with Crippen LogP contribution in [0.15, 0.2) is 0 Å². The number of fused-ring (bicyclic) bond motifs is 1. The summed E-state index contributed by atoms with van der Waals surface area (Å²) in [6, 6.07) is 0. The van der Waals surface area contributed by atoms with E-state index in [1.165, 1.54) is 19.3 Å². The first-order valence-electron chi connectivity index (χ1n) is 4.84. The first-order valence-corrected chi connectivity index (χ1v) is 4.84. The van der Waals surface area contributed by atoms with Crippen molar-refractivity contribution in [2.45, 2.75) is 45.3 Å². The van der Waals surface area contributed by atoms with Gasteiger partial charge in [-0.1, -0.05) is 38.9 Å². The third kappa shape index (κ3) is 0.678. The molecule has 0 aromatic carbocycles. The summed E-state index contributed by atoms with van der Waals surface area (Å²) >= 11 is 0. The molecule has 0 N–H and O–H groups in total. The lowest BCUT2D eigenvalue weighted by Gasteiger charge is -2.21. The second-order valence-corrected chi connectivity index (χ2v) is 4.81. The van der Waals surface area contributed by atoms with Gasteiger partial charge in [0.25, 0.3) is 0 Å². The summed E-state index contributed by atoms with van der Waals surface area (Å²) in [7, 11) is 6.28. The highest BCUT2D eigenvalue weighted by molar-refractivity contribution is 6.18.